The number of nitrogens with zero attached hydrogens (tertiary/aromatic N) is 2. The molecule has 0 aliphatic heterocycles. The maximum absolute atomic E-state index is 12.0. The SMILES string of the molecule is COC(CCn1ccc(NO)nc1=O)COC(=O)CCC(F)(F)F. The topological polar surface area (TPSA) is 103 Å². The molecule has 8 nitrogen and oxygen atoms in total. The molecular weight excluding hydrogens is 335 g/mol. The fraction of sp³-hybridized carbons (Fsp3) is 0.615. The molecule has 1 aromatic rings. The third-order valence-electron chi connectivity index (χ3n) is 3.06. The van der Waals surface area contributed by atoms with Gasteiger partial charge in [-0.25, -0.2) is 4.79 Å². The van der Waals surface area contributed by atoms with Crippen LogP contribution in [0.25, 0.3) is 0 Å². The molecule has 0 radical (unpaired) electrons. The van der Waals surface area contributed by atoms with Gasteiger partial charge in [-0.2, -0.15) is 18.2 Å². The van der Waals surface area contributed by atoms with Crippen LogP contribution in [-0.2, 0) is 20.8 Å². The number of rotatable bonds is 9. The number of nitrogens with one attached hydrogen (secondary N) is 1. The highest BCUT2D eigenvalue weighted by Gasteiger charge is 2.28. The van der Waals surface area contributed by atoms with E-state index in [1.165, 1.54) is 23.9 Å². The van der Waals surface area contributed by atoms with Gasteiger partial charge in [0.1, 0.15) is 6.61 Å². The molecule has 11 heteroatoms. The van der Waals surface area contributed by atoms with Crippen molar-refractivity contribution < 1.29 is 32.6 Å². The van der Waals surface area contributed by atoms with E-state index in [2.05, 4.69) is 4.98 Å². The molecule has 1 heterocycles. The van der Waals surface area contributed by atoms with E-state index in [-0.39, 0.29) is 25.4 Å². The van der Waals surface area contributed by atoms with Crippen LogP contribution in [0.4, 0.5) is 19.0 Å². The van der Waals surface area contributed by atoms with E-state index >= 15 is 0 Å². The predicted octanol–water partition coefficient (Wildman–Crippen LogP) is 1.34. The molecule has 0 aliphatic carbocycles. The van der Waals surface area contributed by atoms with Gasteiger partial charge in [0.25, 0.3) is 0 Å². The van der Waals surface area contributed by atoms with Gasteiger partial charge in [0, 0.05) is 19.9 Å². The molecule has 0 saturated heterocycles. The van der Waals surface area contributed by atoms with Crippen LogP contribution in [0.3, 0.4) is 0 Å². The predicted molar refractivity (Wildman–Crippen MR) is 75.6 cm³/mol. The Kier molecular flexibility index (Phi) is 7.65. The Bertz CT molecular complexity index is 591. The van der Waals surface area contributed by atoms with Gasteiger partial charge in [0.05, 0.1) is 18.9 Å². The smallest absolute Gasteiger partial charge is 0.389 e. The van der Waals surface area contributed by atoms with E-state index in [4.69, 9.17) is 14.7 Å². The lowest BCUT2D eigenvalue weighted by Gasteiger charge is -2.16. The van der Waals surface area contributed by atoms with Gasteiger partial charge in [-0.15, -0.1) is 0 Å². The van der Waals surface area contributed by atoms with Crippen LogP contribution in [-0.4, -0.2) is 46.7 Å². The lowest BCUT2D eigenvalue weighted by Crippen LogP contribution is -2.28. The number of anilines is 1. The lowest BCUT2D eigenvalue weighted by molar-refractivity contribution is -0.159. The van der Waals surface area contributed by atoms with Crippen molar-refractivity contribution >= 4 is 11.8 Å². The number of hydrogen-bond acceptors (Lipinski definition) is 7. The highest BCUT2D eigenvalue weighted by Crippen LogP contribution is 2.21. The number of esters is 1. The van der Waals surface area contributed by atoms with Crippen LogP contribution >= 0.6 is 0 Å². The molecule has 2 N–H and O–H groups in total. The molecule has 136 valence electrons. The van der Waals surface area contributed by atoms with Crippen molar-refractivity contribution in [2.24, 2.45) is 0 Å². The number of methoxy groups -OCH3 is 1. The summed E-state index contributed by atoms with van der Waals surface area (Å²) in [6, 6.07) is 1.38. The highest BCUT2D eigenvalue weighted by molar-refractivity contribution is 5.69. The first-order chi connectivity index (χ1) is 11.2. The summed E-state index contributed by atoms with van der Waals surface area (Å²) in [6.45, 7) is -0.0260. The van der Waals surface area contributed by atoms with Gasteiger partial charge in [-0.05, 0) is 12.5 Å². The minimum Gasteiger partial charge on any atom is -0.463 e. The molecule has 0 fully saturated rings. The van der Waals surface area contributed by atoms with Gasteiger partial charge in [0.15, 0.2) is 5.82 Å². The summed E-state index contributed by atoms with van der Waals surface area (Å²) in [5.41, 5.74) is 1.13. The first kappa shape index (κ1) is 19.9. The molecular formula is C13H18F3N3O5. The number of ether oxygens (including phenoxy) is 2. The fourth-order valence-electron chi connectivity index (χ4n) is 1.72. The van der Waals surface area contributed by atoms with Crippen LogP contribution in [0.15, 0.2) is 17.1 Å². The molecule has 1 atom stereocenters. The zero-order chi connectivity index (χ0) is 18.2. The van der Waals surface area contributed by atoms with Crippen LogP contribution < -0.4 is 11.2 Å². The monoisotopic (exact) mass is 353 g/mol. The maximum Gasteiger partial charge on any atom is 0.389 e. The third kappa shape index (κ3) is 7.42. The molecule has 0 saturated carbocycles. The number of carbonyl (C=O) groups is 1. The Labute approximate surface area is 135 Å². The highest BCUT2D eigenvalue weighted by atomic mass is 19.4. The van der Waals surface area contributed by atoms with Gasteiger partial charge in [0.2, 0.25) is 0 Å². The van der Waals surface area contributed by atoms with Crippen molar-refractivity contribution in [3.05, 3.63) is 22.7 Å². The summed E-state index contributed by atoms with van der Waals surface area (Å²) in [5.74, 6) is -0.968. The van der Waals surface area contributed by atoms with E-state index in [0.717, 1.165) is 0 Å². The molecule has 1 rings (SSSR count). The van der Waals surface area contributed by atoms with Crippen LogP contribution in [0.1, 0.15) is 19.3 Å². The van der Waals surface area contributed by atoms with Gasteiger partial charge in [-0.3, -0.25) is 20.0 Å². The number of aryl methyl sites for hydroxylation is 1. The van der Waals surface area contributed by atoms with Gasteiger partial charge >= 0.3 is 17.8 Å². The summed E-state index contributed by atoms with van der Waals surface area (Å²) in [6.07, 6.45) is -5.31. The number of halogens is 3. The zero-order valence-electron chi connectivity index (χ0n) is 12.9. The Morgan fingerprint density at radius 3 is 2.75 bits per heavy atom. The number of alkyl halides is 3. The van der Waals surface area contributed by atoms with Crippen molar-refractivity contribution in [1.29, 1.82) is 0 Å². The van der Waals surface area contributed by atoms with Crippen molar-refractivity contribution in [2.45, 2.75) is 38.1 Å². The molecule has 0 amide bonds. The van der Waals surface area contributed by atoms with E-state index in [1.807, 2.05) is 0 Å². The van der Waals surface area contributed by atoms with Crippen molar-refractivity contribution in [2.75, 3.05) is 19.2 Å². The van der Waals surface area contributed by atoms with E-state index in [9.17, 15) is 22.8 Å². The van der Waals surface area contributed by atoms with Crippen molar-refractivity contribution in [3.8, 4) is 0 Å². The molecule has 0 aromatic carbocycles. The molecule has 1 aromatic heterocycles. The summed E-state index contributed by atoms with van der Waals surface area (Å²) >= 11 is 0. The Balaban J connectivity index is 2.42. The first-order valence-electron chi connectivity index (χ1n) is 6.98. The van der Waals surface area contributed by atoms with Crippen molar-refractivity contribution in [1.82, 2.24) is 9.55 Å². The average Bonchev–Trinajstić information content (AvgIpc) is 2.53. The molecule has 0 aliphatic rings. The summed E-state index contributed by atoms with van der Waals surface area (Å²) in [5, 5.41) is 8.63. The maximum atomic E-state index is 12.0. The largest absolute Gasteiger partial charge is 0.463 e. The zero-order valence-corrected chi connectivity index (χ0v) is 12.9. The van der Waals surface area contributed by atoms with E-state index in [1.54, 1.807) is 5.48 Å². The second-order valence-corrected chi connectivity index (χ2v) is 4.85. The molecule has 24 heavy (non-hydrogen) atoms. The van der Waals surface area contributed by atoms with Crippen molar-refractivity contribution in [3.63, 3.8) is 0 Å². The minimum absolute atomic E-state index is 0.00173. The number of aromatic nitrogens is 2. The first-order valence-corrected chi connectivity index (χ1v) is 6.98. The van der Waals surface area contributed by atoms with E-state index < -0.39 is 36.8 Å². The molecule has 0 spiro atoms. The summed E-state index contributed by atoms with van der Waals surface area (Å²) < 4.78 is 47.0. The lowest BCUT2D eigenvalue weighted by atomic mass is 10.2. The fourth-order valence-corrected chi connectivity index (χ4v) is 1.72. The molecule has 1 unspecified atom stereocenters. The van der Waals surface area contributed by atoms with Gasteiger partial charge < -0.3 is 9.47 Å². The van der Waals surface area contributed by atoms with Crippen LogP contribution in [0, 0.1) is 0 Å². The van der Waals surface area contributed by atoms with E-state index in [0.29, 0.717) is 0 Å². The number of carbonyl (C=O) groups excluding carboxylic acids is 1. The second kappa shape index (κ2) is 9.23. The normalized spacial score (nSPS) is 12.7. The Hall–Kier alpha value is -2.14. The third-order valence-corrected chi connectivity index (χ3v) is 3.06. The second-order valence-electron chi connectivity index (χ2n) is 4.85. The summed E-state index contributed by atoms with van der Waals surface area (Å²) in [4.78, 5) is 26.4. The quantitative estimate of drug-likeness (QED) is 0.510. The summed E-state index contributed by atoms with van der Waals surface area (Å²) in [7, 11) is 1.36. The Morgan fingerprint density at radius 1 is 1.50 bits per heavy atom. The Morgan fingerprint density at radius 2 is 2.21 bits per heavy atom. The standard InChI is InChI=1S/C13H18F3N3O5/c1-23-9(8-24-11(20)2-5-13(14,15)16)3-6-19-7-4-10(18-22)17-12(19)21/h4,7,9,22H,2-3,5-6,8H2,1H3,(H,17,18,21). The average molecular weight is 353 g/mol. The number of hydrogen-bond donors (Lipinski definition) is 2. The minimum atomic E-state index is -4.41. The van der Waals surface area contributed by atoms with Crippen LogP contribution in [0.2, 0.25) is 0 Å². The van der Waals surface area contributed by atoms with Gasteiger partial charge in [-0.1, -0.05) is 0 Å². The molecule has 0 bridgehead atoms. The van der Waals surface area contributed by atoms with Crippen LogP contribution in [0.5, 0.6) is 0 Å².